The molecule has 0 fully saturated rings. The van der Waals surface area contributed by atoms with Gasteiger partial charge in [-0.1, -0.05) is 19.9 Å². The maximum atomic E-state index is 11.3. The number of hydrogen-bond donors (Lipinski definition) is 0. The van der Waals surface area contributed by atoms with Crippen LogP contribution in [0.1, 0.15) is 45.4 Å². The molecule has 0 N–H and O–H groups in total. The van der Waals surface area contributed by atoms with Gasteiger partial charge in [0.15, 0.2) is 0 Å². The minimum Gasteiger partial charge on any atom is -0.469 e. The van der Waals surface area contributed by atoms with E-state index in [-0.39, 0.29) is 17.5 Å². The van der Waals surface area contributed by atoms with Crippen LogP contribution in [0.25, 0.3) is 0 Å². The maximum Gasteiger partial charge on any atom is 0.303 e. The highest BCUT2D eigenvalue weighted by Gasteiger charge is 2.46. The van der Waals surface area contributed by atoms with Gasteiger partial charge >= 0.3 is 5.97 Å². The molecule has 0 spiro atoms. The molecule has 2 aliphatic rings. The summed E-state index contributed by atoms with van der Waals surface area (Å²) in [5.41, 5.74) is 2.54. The molecule has 1 heterocycles. The summed E-state index contributed by atoms with van der Waals surface area (Å²) in [6.07, 6.45) is 5.88. The van der Waals surface area contributed by atoms with Gasteiger partial charge in [-0.25, -0.2) is 0 Å². The van der Waals surface area contributed by atoms with Gasteiger partial charge in [-0.3, -0.25) is 4.79 Å². The van der Waals surface area contributed by atoms with E-state index < -0.39 is 0 Å². The van der Waals surface area contributed by atoms with E-state index >= 15 is 0 Å². The van der Waals surface area contributed by atoms with E-state index in [0.29, 0.717) is 11.8 Å². The molecule has 1 aromatic rings. The second-order valence-corrected chi connectivity index (χ2v) is 6.70. The zero-order valence-corrected chi connectivity index (χ0v) is 12.6. The van der Waals surface area contributed by atoms with Gasteiger partial charge in [0, 0.05) is 13.3 Å². The minimum atomic E-state index is -0.196. The normalized spacial score (nSPS) is 31.0. The summed E-state index contributed by atoms with van der Waals surface area (Å²) in [4.78, 5) is 11.3. The van der Waals surface area contributed by atoms with Crippen LogP contribution in [0.15, 0.2) is 28.4 Å². The van der Waals surface area contributed by atoms with Crippen LogP contribution in [0.3, 0.4) is 0 Å². The largest absolute Gasteiger partial charge is 0.469 e. The fourth-order valence-electron chi connectivity index (χ4n) is 4.01. The molecule has 108 valence electrons. The second-order valence-electron chi connectivity index (χ2n) is 6.70. The van der Waals surface area contributed by atoms with Crippen molar-refractivity contribution in [2.75, 3.05) is 0 Å². The molecule has 0 aromatic carbocycles. The zero-order chi connectivity index (χ0) is 14.5. The van der Waals surface area contributed by atoms with Gasteiger partial charge in [-0.15, -0.1) is 0 Å². The topological polar surface area (TPSA) is 39.4 Å². The van der Waals surface area contributed by atoms with E-state index in [1.165, 1.54) is 18.1 Å². The highest BCUT2D eigenvalue weighted by molar-refractivity contribution is 5.66. The molecule has 3 atom stereocenters. The number of carbonyl (C=O) groups is 1. The quantitative estimate of drug-likeness (QED) is 0.580. The van der Waals surface area contributed by atoms with Crippen molar-refractivity contribution in [3.8, 4) is 0 Å². The van der Waals surface area contributed by atoms with Gasteiger partial charge in [-0.2, -0.15) is 0 Å². The first-order valence-corrected chi connectivity index (χ1v) is 7.32. The lowest BCUT2D eigenvalue weighted by molar-refractivity contribution is -0.146. The van der Waals surface area contributed by atoms with Crippen LogP contribution >= 0.6 is 0 Å². The fourth-order valence-corrected chi connectivity index (χ4v) is 4.01. The standard InChI is InChI=1S/C17H22O3/c1-10-7-12-8-16-13(5-6-19-16)17(3,4)14(12)9-15(10)20-11(2)18/h5-7,12,14-15H,8-9H2,1-4H3/t12-,14-,15+/m0/s1. The molecule has 3 nitrogen and oxygen atoms in total. The van der Waals surface area contributed by atoms with E-state index in [2.05, 4.69) is 32.9 Å². The fraction of sp³-hybridized carbons (Fsp3) is 0.588. The number of carbonyl (C=O) groups excluding carboxylic acids is 1. The Balaban J connectivity index is 1.96. The first-order chi connectivity index (χ1) is 9.39. The lowest BCUT2D eigenvalue weighted by Gasteiger charge is -2.46. The van der Waals surface area contributed by atoms with E-state index in [1.54, 1.807) is 6.26 Å². The van der Waals surface area contributed by atoms with Gasteiger partial charge < -0.3 is 9.15 Å². The lowest BCUT2D eigenvalue weighted by Crippen LogP contribution is -2.44. The van der Waals surface area contributed by atoms with Gasteiger partial charge in [0.2, 0.25) is 0 Å². The van der Waals surface area contributed by atoms with Crippen molar-refractivity contribution in [2.45, 2.75) is 52.1 Å². The molecule has 2 aliphatic carbocycles. The monoisotopic (exact) mass is 274 g/mol. The Morgan fingerprint density at radius 1 is 1.45 bits per heavy atom. The molecule has 1 aromatic heterocycles. The third kappa shape index (κ3) is 2.00. The van der Waals surface area contributed by atoms with Crippen molar-refractivity contribution in [3.05, 3.63) is 35.3 Å². The smallest absolute Gasteiger partial charge is 0.303 e. The van der Waals surface area contributed by atoms with Crippen LogP contribution in [-0.4, -0.2) is 12.1 Å². The Morgan fingerprint density at radius 3 is 2.90 bits per heavy atom. The highest BCUT2D eigenvalue weighted by Crippen LogP contribution is 2.50. The molecule has 0 amide bonds. The van der Waals surface area contributed by atoms with Crippen molar-refractivity contribution in [3.63, 3.8) is 0 Å². The van der Waals surface area contributed by atoms with Gasteiger partial charge in [0.25, 0.3) is 0 Å². The van der Waals surface area contributed by atoms with E-state index in [4.69, 9.17) is 9.15 Å². The molecule has 0 bridgehead atoms. The number of esters is 1. The average Bonchev–Trinajstić information content (AvgIpc) is 2.80. The number of hydrogen-bond acceptors (Lipinski definition) is 3. The van der Waals surface area contributed by atoms with Crippen molar-refractivity contribution in [1.29, 1.82) is 0 Å². The average molecular weight is 274 g/mol. The summed E-state index contributed by atoms with van der Waals surface area (Å²) in [7, 11) is 0. The lowest BCUT2D eigenvalue weighted by atomic mass is 9.59. The third-order valence-electron chi connectivity index (χ3n) is 5.07. The Hall–Kier alpha value is -1.51. The van der Waals surface area contributed by atoms with Crippen LogP contribution < -0.4 is 0 Å². The van der Waals surface area contributed by atoms with Crippen LogP contribution in [-0.2, 0) is 21.4 Å². The first kappa shape index (κ1) is 13.5. The summed E-state index contributed by atoms with van der Waals surface area (Å²) in [6.45, 7) is 8.10. The van der Waals surface area contributed by atoms with E-state index in [1.807, 2.05) is 0 Å². The summed E-state index contributed by atoms with van der Waals surface area (Å²) >= 11 is 0. The molecule has 0 unspecified atom stereocenters. The Kier molecular flexibility index (Phi) is 3.03. The Morgan fingerprint density at radius 2 is 2.20 bits per heavy atom. The predicted molar refractivity (Wildman–Crippen MR) is 76.3 cm³/mol. The number of allylic oxidation sites excluding steroid dienone is 1. The highest BCUT2D eigenvalue weighted by atomic mass is 16.5. The van der Waals surface area contributed by atoms with Crippen molar-refractivity contribution in [1.82, 2.24) is 0 Å². The van der Waals surface area contributed by atoms with Gasteiger partial charge in [-0.05, 0) is 47.8 Å². The maximum absolute atomic E-state index is 11.3. The predicted octanol–water partition coefficient (Wildman–Crippen LogP) is 3.63. The number of rotatable bonds is 1. The van der Waals surface area contributed by atoms with Gasteiger partial charge in [0.05, 0.1) is 6.26 Å². The molecule has 0 saturated heterocycles. The molecule has 3 heteroatoms. The van der Waals surface area contributed by atoms with Crippen molar-refractivity contribution >= 4 is 5.97 Å². The van der Waals surface area contributed by atoms with Crippen LogP contribution in [0, 0.1) is 11.8 Å². The third-order valence-corrected chi connectivity index (χ3v) is 5.07. The zero-order valence-electron chi connectivity index (χ0n) is 12.6. The molecule has 0 aliphatic heterocycles. The molecular formula is C17H22O3. The van der Waals surface area contributed by atoms with E-state index in [9.17, 15) is 4.79 Å². The molecule has 0 radical (unpaired) electrons. The van der Waals surface area contributed by atoms with Crippen molar-refractivity contribution in [2.24, 2.45) is 11.8 Å². The minimum absolute atomic E-state index is 0.0564. The number of furan rings is 1. The number of ether oxygens (including phenoxy) is 1. The summed E-state index contributed by atoms with van der Waals surface area (Å²) in [5, 5.41) is 0. The SMILES string of the molecule is CC(=O)O[C@@H]1C[C@H]2[C@@H](C=C1C)Cc1occc1C2(C)C. The molecule has 0 saturated carbocycles. The molecule has 3 rings (SSSR count). The molecular weight excluding hydrogens is 252 g/mol. The molecule has 20 heavy (non-hydrogen) atoms. The number of fused-ring (bicyclic) bond motifs is 2. The van der Waals surface area contributed by atoms with Crippen molar-refractivity contribution < 1.29 is 13.9 Å². The Labute approximate surface area is 120 Å². The second kappa shape index (κ2) is 4.51. The van der Waals surface area contributed by atoms with Crippen LogP contribution in [0.2, 0.25) is 0 Å². The summed E-state index contributed by atoms with van der Waals surface area (Å²) in [5.74, 6) is 1.89. The summed E-state index contributed by atoms with van der Waals surface area (Å²) < 4.78 is 11.1. The van der Waals surface area contributed by atoms with Crippen LogP contribution in [0.5, 0.6) is 0 Å². The van der Waals surface area contributed by atoms with Crippen LogP contribution in [0.4, 0.5) is 0 Å². The van der Waals surface area contributed by atoms with Gasteiger partial charge in [0.1, 0.15) is 11.9 Å². The first-order valence-electron chi connectivity index (χ1n) is 7.32. The summed E-state index contributed by atoms with van der Waals surface area (Å²) in [6, 6.07) is 2.09. The Bertz CT molecular complexity index is 565. The van der Waals surface area contributed by atoms with E-state index in [0.717, 1.165) is 18.6 Å².